The number of carbonyl (C=O) groups is 1. The van der Waals surface area contributed by atoms with E-state index in [-0.39, 0.29) is 5.89 Å². The zero-order chi connectivity index (χ0) is 20.1. The van der Waals surface area contributed by atoms with Crippen molar-refractivity contribution in [1.29, 1.82) is 0 Å². The molecule has 0 aliphatic rings. The molecule has 0 saturated carbocycles. The van der Waals surface area contributed by atoms with E-state index in [9.17, 15) is 4.79 Å². The molecule has 4 rings (SSSR count). The quantitative estimate of drug-likeness (QED) is 0.451. The molecule has 0 spiro atoms. The van der Waals surface area contributed by atoms with E-state index < -0.39 is 12.1 Å². The van der Waals surface area contributed by atoms with Crippen LogP contribution in [0.15, 0.2) is 81.8 Å². The third-order valence-electron chi connectivity index (χ3n) is 4.27. The van der Waals surface area contributed by atoms with E-state index in [4.69, 9.17) is 13.6 Å². The van der Waals surface area contributed by atoms with Crippen LogP contribution in [0.3, 0.4) is 0 Å². The predicted octanol–water partition coefficient (Wildman–Crippen LogP) is 4.86. The Hall–Kier alpha value is -3.87. The molecular weight excluding hydrogens is 370 g/mol. The Balaban J connectivity index is 1.45. The number of nitrogens with one attached hydrogen (secondary N) is 1. The number of para-hydroxylation sites is 1. The van der Waals surface area contributed by atoms with Gasteiger partial charge in [0.05, 0.1) is 18.4 Å². The molecule has 0 bridgehead atoms. The molecule has 1 unspecified atom stereocenters. The van der Waals surface area contributed by atoms with Gasteiger partial charge in [0.15, 0.2) is 6.10 Å². The lowest BCUT2D eigenvalue weighted by molar-refractivity contribution is 0.0281. The Morgan fingerprint density at radius 2 is 1.83 bits per heavy atom. The highest BCUT2D eigenvalue weighted by Crippen LogP contribution is 2.24. The first kappa shape index (κ1) is 18.5. The summed E-state index contributed by atoms with van der Waals surface area (Å²) in [5.74, 6) is 0.891. The molecule has 2 aromatic carbocycles. The Bertz CT molecular complexity index is 1070. The summed E-state index contributed by atoms with van der Waals surface area (Å²) in [5, 5.41) is 11.2. The second-order valence-corrected chi connectivity index (χ2v) is 6.34. The van der Waals surface area contributed by atoms with Crippen molar-refractivity contribution in [2.45, 2.75) is 19.6 Å². The maximum atomic E-state index is 12.7. The Kier molecular flexibility index (Phi) is 5.38. The number of hydrogen-bond acceptors (Lipinski definition) is 7. The van der Waals surface area contributed by atoms with Crippen LogP contribution < -0.4 is 5.32 Å². The number of esters is 1. The van der Waals surface area contributed by atoms with Gasteiger partial charge in [0.2, 0.25) is 5.89 Å². The summed E-state index contributed by atoms with van der Waals surface area (Å²) < 4.78 is 16.5. The Morgan fingerprint density at radius 1 is 1.03 bits per heavy atom. The van der Waals surface area contributed by atoms with E-state index in [0.29, 0.717) is 23.7 Å². The fraction of sp³-hybridized carbons (Fsp3) is 0.136. The van der Waals surface area contributed by atoms with Crippen molar-refractivity contribution >= 4 is 11.7 Å². The smallest absolute Gasteiger partial charge is 0.341 e. The number of benzene rings is 2. The molecular formula is C22H19N3O4. The van der Waals surface area contributed by atoms with Gasteiger partial charge in [-0.05, 0) is 43.3 Å². The monoisotopic (exact) mass is 389 g/mol. The van der Waals surface area contributed by atoms with Crippen LogP contribution in [0.25, 0.3) is 11.5 Å². The van der Waals surface area contributed by atoms with Gasteiger partial charge in [-0.1, -0.05) is 30.3 Å². The van der Waals surface area contributed by atoms with Crippen molar-refractivity contribution in [2.24, 2.45) is 0 Å². The van der Waals surface area contributed by atoms with E-state index >= 15 is 0 Å². The number of hydrogen-bond donors (Lipinski definition) is 1. The second-order valence-electron chi connectivity index (χ2n) is 6.34. The molecule has 0 aliphatic heterocycles. The van der Waals surface area contributed by atoms with Crippen LogP contribution in [0.5, 0.6) is 0 Å². The zero-order valence-electron chi connectivity index (χ0n) is 15.7. The highest BCUT2D eigenvalue weighted by molar-refractivity contribution is 5.95. The minimum Gasteiger partial charge on any atom is -0.467 e. The van der Waals surface area contributed by atoms with Crippen molar-refractivity contribution in [3.8, 4) is 11.5 Å². The number of rotatable bonds is 7. The van der Waals surface area contributed by atoms with Gasteiger partial charge < -0.3 is 18.9 Å². The summed E-state index contributed by atoms with van der Waals surface area (Å²) in [6.07, 6.45) is 0.915. The fourth-order valence-corrected chi connectivity index (χ4v) is 2.78. The third kappa shape index (κ3) is 4.35. The van der Waals surface area contributed by atoms with Gasteiger partial charge in [-0.2, -0.15) is 0 Å². The van der Waals surface area contributed by atoms with Gasteiger partial charge in [-0.3, -0.25) is 0 Å². The molecule has 1 atom stereocenters. The van der Waals surface area contributed by atoms with Crippen molar-refractivity contribution in [3.63, 3.8) is 0 Å². The van der Waals surface area contributed by atoms with Crippen molar-refractivity contribution in [2.75, 3.05) is 5.32 Å². The molecule has 29 heavy (non-hydrogen) atoms. The van der Waals surface area contributed by atoms with Crippen LogP contribution in [-0.4, -0.2) is 16.2 Å². The maximum absolute atomic E-state index is 12.7. The molecule has 2 heterocycles. The number of carbonyl (C=O) groups excluding carboxylic acids is 1. The van der Waals surface area contributed by atoms with E-state index in [0.717, 1.165) is 11.3 Å². The van der Waals surface area contributed by atoms with Crippen molar-refractivity contribution in [3.05, 3.63) is 90.2 Å². The van der Waals surface area contributed by atoms with Crippen LogP contribution in [0.4, 0.5) is 5.69 Å². The molecule has 0 fully saturated rings. The van der Waals surface area contributed by atoms with Crippen LogP contribution in [0, 0.1) is 0 Å². The van der Waals surface area contributed by atoms with Gasteiger partial charge in [0, 0.05) is 11.3 Å². The number of furan rings is 1. The van der Waals surface area contributed by atoms with Gasteiger partial charge in [-0.25, -0.2) is 4.79 Å². The molecule has 0 aliphatic carbocycles. The molecule has 7 heteroatoms. The summed E-state index contributed by atoms with van der Waals surface area (Å²) in [5.41, 5.74) is 1.86. The molecule has 4 aromatic rings. The summed E-state index contributed by atoms with van der Waals surface area (Å²) in [4.78, 5) is 12.7. The average molecular weight is 389 g/mol. The number of aromatic nitrogens is 2. The van der Waals surface area contributed by atoms with Crippen molar-refractivity contribution < 1.29 is 18.4 Å². The number of ether oxygens (including phenoxy) is 1. The van der Waals surface area contributed by atoms with Gasteiger partial charge in [0.25, 0.3) is 5.89 Å². The SMILES string of the molecule is CC(OC(=O)c1ccccc1NCc1ccco1)c1nnc(-c2ccccc2)o1. The first-order chi connectivity index (χ1) is 14.2. The highest BCUT2D eigenvalue weighted by Gasteiger charge is 2.21. The van der Waals surface area contributed by atoms with Crippen LogP contribution >= 0.6 is 0 Å². The van der Waals surface area contributed by atoms with Gasteiger partial charge >= 0.3 is 5.97 Å². The van der Waals surface area contributed by atoms with Gasteiger partial charge in [0.1, 0.15) is 5.76 Å². The summed E-state index contributed by atoms with van der Waals surface area (Å²) in [6.45, 7) is 2.15. The minimum absolute atomic E-state index is 0.234. The van der Waals surface area contributed by atoms with Crippen LogP contribution in [-0.2, 0) is 11.3 Å². The van der Waals surface area contributed by atoms with E-state index in [1.165, 1.54) is 0 Å². The first-order valence-corrected chi connectivity index (χ1v) is 9.16. The second kappa shape index (κ2) is 8.43. The van der Waals surface area contributed by atoms with Crippen LogP contribution in [0.2, 0.25) is 0 Å². The predicted molar refractivity (Wildman–Crippen MR) is 106 cm³/mol. The summed E-state index contributed by atoms with van der Waals surface area (Å²) >= 11 is 0. The molecule has 146 valence electrons. The molecule has 1 N–H and O–H groups in total. The lowest BCUT2D eigenvalue weighted by atomic mass is 10.1. The van der Waals surface area contributed by atoms with Crippen LogP contribution in [0.1, 0.15) is 35.0 Å². The summed E-state index contributed by atoms with van der Waals surface area (Å²) in [6, 6.07) is 20.2. The molecule has 0 saturated heterocycles. The number of nitrogens with zero attached hydrogens (tertiary/aromatic N) is 2. The Labute approximate surface area is 167 Å². The Morgan fingerprint density at radius 3 is 2.62 bits per heavy atom. The largest absolute Gasteiger partial charge is 0.467 e. The first-order valence-electron chi connectivity index (χ1n) is 9.16. The third-order valence-corrected chi connectivity index (χ3v) is 4.27. The maximum Gasteiger partial charge on any atom is 0.341 e. The topological polar surface area (TPSA) is 90.4 Å². The molecule has 2 aromatic heterocycles. The van der Waals surface area contributed by atoms with E-state index in [1.807, 2.05) is 54.6 Å². The minimum atomic E-state index is -0.689. The highest BCUT2D eigenvalue weighted by atomic mass is 16.6. The zero-order valence-corrected chi connectivity index (χ0v) is 15.7. The molecule has 0 radical (unpaired) electrons. The van der Waals surface area contributed by atoms with E-state index in [2.05, 4.69) is 15.5 Å². The van der Waals surface area contributed by atoms with E-state index in [1.54, 1.807) is 25.3 Å². The van der Waals surface area contributed by atoms with Crippen molar-refractivity contribution in [1.82, 2.24) is 10.2 Å². The molecule has 0 amide bonds. The standard InChI is InChI=1S/C22H19N3O4/c1-15(20-24-25-21(29-20)16-8-3-2-4-9-16)28-22(26)18-11-5-6-12-19(18)23-14-17-10-7-13-27-17/h2-13,15,23H,14H2,1H3. The summed E-state index contributed by atoms with van der Waals surface area (Å²) in [7, 11) is 0. The average Bonchev–Trinajstić information content (AvgIpc) is 3.45. The normalized spacial score (nSPS) is 11.8. The molecule has 7 nitrogen and oxygen atoms in total. The van der Waals surface area contributed by atoms with Gasteiger partial charge in [-0.15, -0.1) is 10.2 Å². The lowest BCUT2D eigenvalue weighted by Crippen LogP contribution is -2.12. The lowest BCUT2D eigenvalue weighted by Gasteiger charge is -2.13. The fourth-order valence-electron chi connectivity index (χ4n) is 2.78. The number of anilines is 1.